The third-order valence-corrected chi connectivity index (χ3v) is 6.57. The monoisotopic (exact) mass is 497 g/mol. The van der Waals surface area contributed by atoms with E-state index in [-0.39, 0.29) is 11.5 Å². The molecule has 1 saturated heterocycles. The second kappa shape index (κ2) is 10.2. The van der Waals surface area contributed by atoms with Crippen LogP contribution in [0, 0.1) is 0 Å². The fourth-order valence-electron chi connectivity index (χ4n) is 4.59. The number of carbonyl (C=O) groups is 2. The number of benzene rings is 3. The van der Waals surface area contributed by atoms with Crippen molar-refractivity contribution in [1.29, 1.82) is 0 Å². The smallest absolute Gasteiger partial charge is 0.335 e. The summed E-state index contributed by atoms with van der Waals surface area (Å²) in [6, 6.07) is 19.6. The molecule has 1 amide bonds. The minimum Gasteiger partial charge on any atom is -0.493 e. The van der Waals surface area contributed by atoms with Crippen molar-refractivity contribution in [2.24, 2.45) is 5.10 Å². The number of rotatable bonds is 7. The van der Waals surface area contributed by atoms with Gasteiger partial charge in [0, 0.05) is 24.3 Å². The summed E-state index contributed by atoms with van der Waals surface area (Å²) in [5.41, 5.74) is 4.25. The molecule has 0 aromatic heterocycles. The molecule has 2 aliphatic rings. The molecule has 0 unspecified atom stereocenters. The van der Waals surface area contributed by atoms with Gasteiger partial charge in [0.1, 0.15) is 5.71 Å². The maximum absolute atomic E-state index is 13.6. The van der Waals surface area contributed by atoms with Gasteiger partial charge in [0.15, 0.2) is 11.5 Å². The molecule has 0 aliphatic carbocycles. The quantitative estimate of drug-likeness (QED) is 0.470. The van der Waals surface area contributed by atoms with E-state index in [1.807, 2.05) is 24.3 Å². The van der Waals surface area contributed by atoms with Gasteiger partial charge in [-0.15, -0.1) is 0 Å². The normalized spacial score (nSPS) is 16.3. The zero-order chi connectivity index (χ0) is 25.9. The Labute approximate surface area is 215 Å². The predicted octanol–water partition coefficient (Wildman–Crippen LogP) is 4.84. The Hall–Kier alpha value is -4.59. The Balaban J connectivity index is 1.55. The first-order chi connectivity index (χ1) is 18.0. The molecule has 0 radical (unpaired) electrons. The van der Waals surface area contributed by atoms with Crippen molar-refractivity contribution in [2.75, 3.05) is 37.2 Å². The molecule has 0 spiro atoms. The third kappa shape index (κ3) is 4.78. The molecule has 37 heavy (non-hydrogen) atoms. The molecule has 8 nitrogen and oxygen atoms in total. The molecular formula is C29H27N3O5. The Morgan fingerprint density at radius 1 is 0.892 bits per heavy atom. The zero-order valence-corrected chi connectivity index (χ0v) is 20.7. The largest absolute Gasteiger partial charge is 0.493 e. The highest BCUT2D eigenvalue weighted by molar-refractivity contribution is 6.37. The Bertz CT molecular complexity index is 1390. The number of methoxy groups -OCH3 is 2. The molecule has 0 bridgehead atoms. The van der Waals surface area contributed by atoms with Crippen molar-refractivity contribution in [2.45, 2.75) is 12.8 Å². The molecule has 0 saturated carbocycles. The van der Waals surface area contributed by atoms with Gasteiger partial charge in [0.05, 0.1) is 31.0 Å². The Morgan fingerprint density at radius 3 is 2.16 bits per heavy atom. The third-order valence-electron chi connectivity index (χ3n) is 6.57. The molecule has 3 aromatic rings. The van der Waals surface area contributed by atoms with Crippen LogP contribution in [0.3, 0.4) is 0 Å². The summed E-state index contributed by atoms with van der Waals surface area (Å²) in [6.45, 7) is 2.12. The van der Waals surface area contributed by atoms with Gasteiger partial charge in [-0.1, -0.05) is 12.1 Å². The van der Waals surface area contributed by atoms with Gasteiger partial charge in [-0.25, -0.2) is 4.79 Å². The first-order valence-electron chi connectivity index (χ1n) is 12.0. The summed E-state index contributed by atoms with van der Waals surface area (Å²) in [7, 11) is 3.12. The van der Waals surface area contributed by atoms with Crippen LogP contribution in [0.4, 0.5) is 11.4 Å². The van der Waals surface area contributed by atoms with E-state index in [9.17, 15) is 14.7 Å². The van der Waals surface area contributed by atoms with Crippen LogP contribution in [-0.2, 0) is 4.79 Å². The van der Waals surface area contributed by atoms with Gasteiger partial charge in [0.2, 0.25) is 0 Å². The average molecular weight is 498 g/mol. The Morgan fingerprint density at radius 2 is 1.54 bits per heavy atom. The van der Waals surface area contributed by atoms with Crippen molar-refractivity contribution in [3.8, 4) is 11.5 Å². The summed E-state index contributed by atoms with van der Waals surface area (Å²) in [6.07, 6.45) is 4.24. The standard InChI is InChI=1S/C29H27N3O5/c1-36-25-14-9-21(18-26(25)37-2)27-24(17-19-5-10-22(11-6-19)31-15-3-4-16-31)28(33)32(30-27)23-12-7-20(8-13-23)29(34)35/h5-14,17-18H,3-4,15-16H2,1-2H3,(H,34,35)/b24-17-. The minimum atomic E-state index is -1.04. The molecule has 5 rings (SSSR count). The number of nitrogens with zero attached hydrogens (tertiary/aromatic N) is 3. The topological polar surface area (TPSA) is 91.7 Å². The maximum Gasteiger partial charge on any atom is 0.335 e. The van der Waals surface area contributed by atoms with Crippen LogP contribution in [0.1, 0.15) is 34.3 Å². The van der Waals surface area contributed by atoms with Crippen LogP contribution >= 0.6 is 0 Å². The molecule has 3 aromatic carbocycles. The van der Waals surface area contributed by atoms with E-state index < -0.39 is 5.97 Å². The second-order valence-corrected chi connectivity index (χ2v) is 8.83. The summed E-state index contributed by atoms with van der Waals surface area (Å²) >= 11 is 0. The van der Waals surface area contributed by atoms with Gasteiger partial charge in [-0.2, -0.15) is 10.1 Å². The van der Waals surface area contributed by atoms with Gasteiger partial charge in [0.25, 0.3) is 5.91 Å². The lowest BCUT2D eigenvalue weighted by Gasteiger charge is -2.17. The predicted molar refractivity (Wildman–Crippen MR) is 143 cm³/mol. The van der Waals surface area contributed by atoms with E-state index in [1.165, 1.54) is 35.7 Å². The number of anilines is 2. The number of amides is 1. The number of carboxylic acid groups (broad SMARTS) is 1. The van der Waals surface area contributed by atoms with Crippen LogP contribution < -0.4 is 19.4 Å². The lowest BCUT2D eigenvalue weighted by molar-refractivity contribution is -0.114. The van der Waals surface area contributed by atoms with Crippen LogP contribution in [-0.4, -0.2) is 50.0 Å². The van der Waals surface area contributed by atoms with Crippen molar-refractivity contribution in [3.05, 3.63) is 89.0 Å². The SMILES string of the molecule is COc1ccc(C2=NN(c3ccc(C(=O)O)cc3)C(=O)/C2=C\c2ccc(N3CCCC3)cc2)cc1OC. The lowest BCUT2D eigenvalue weighted by atomic mass is 9.99. The molecular weight excluding hydrogens is 470 g/mol. The number of aromatic carboxylic acids is 1. The van der Waals surface area contributed by atoms with Crippen molar-refractivity contribution >= 4 is 35.0 Å². The van der Waals surface area contributed by atoms with Gasteiger partial charge >= 0.3 is 5.97 Å². The van der Waals surface area contributed by atoms with E-state index in [1.54, 1.807) is 38.5 Å². The highest BCUT2D eigenvalue weighted by Gasteiger charge is 2.32. The number of hydrogen-bond acceptors (Lipinski definition) is 6. The van der Waals surface area contributed by atoms with Gasteiger partial charge < -0.3 is 19.5 Å². The second-order valence-electron chi connectivity index (χ2n) is 8.83. The highest BCUT2D eigenvalue weighted by Crippen LogP contribution is 2.33. The number of hydrogen-bond donors (Lipinski definition) is 1. The van der Waals surface area contributed by atoms with Crippen molar-refractivity contribution in [1.82, 2.24) is 0 Å². The van der Waals surface area contributed by atoms with E-state index in [4.69, 9.17) is 9.47 Å². The maximum atomic E-state index is 13.6. The molecule has 1 fully saturated rings. The molecule has 1 N–H and O–H groups in total. The van der Waals surface area contributed by atoms with Crippen LogP contribution in [0.5, 0.6) is 11.5 Å². The summed E-state index contributed by atoms with van der Waals surface area (Å²) in [5, 5.41) is 15.2. The molecule has 2 aliphatic heterocycles. The van der Waals surface area contributed by atoms with E-state index in [0.29, 0.717) is 34.0 Å². The van der Waals surface area contributed by atoms with Crippen LogP contribution in [0.25, 0.3) is 6.08 Å². The number of carbonyl (C=O) groups excluding carboxylic acids is 1. The molecule has 188 valence electrons. The average Bonchev–Trinajstić information content (AvgIpc) is 3.58. The van der Waals surface area contributed by atoms with E-state index in [0.717, 1.165) is 18.7 Å². The van der Waals surface area contributed by atoms with Crippen LogP contribution in [0.15, 0.2) is 77.4 Å². The summed E-state index contributed by atoms with van der Waals surface area (Å²) in [5.74, 6) is -0.252. The Kier molecular flexibility index (Phi) is 6.64. The minimum absolute atomic E-state index is 0.133. The number of ether oxygens (including phenoxy) is 2. The first kappa shape index (κ1) is 24.1. The number of hydrazone groups is 1. The zero-order valence-electron chi connectivity index (χ0n) is 20.7. The fraction of sp³-hybridized carbons (Fsp3) is 0.207. The summed E-state index contributed by atoms with van der Waals surface area (Å²) < 4.78 is 10.8. The summed E-state index contributed by atoms with van der Waals surface area (Å²) in [4.78, 5) is 27.3. The molecule has 0 atom stereocenters. The van der Waals surface area contributed by atoms with E-state index >= 15 is 0 Å². The molecule has 8 heteroatoms. The van der Waals surface area contributed by atoms with Crippen molar-refractivity contribution in [3.63, 3.8) is 0 Å². The first-order valence-corrected chi connectivity index (χ1v) is 12.0. The van der Waals surface area contributed by atoms with Crippen molar-refractivity contribution < 1.29 is 24.2 Å². The number of carboxylic acids is 1. The lowest BCUT2D eigenvalue weighted by Crippen LogP contribution is -2.21. The fourth-order valence-corrected chi connectivity index (χ4v) is 4.59. The van der Waals surface area contributed by atoms with Gasteiger partial charge in [-0.05, 0) is 79.1 Å². The van der Waals surface area contributed by atoms with Crippen LogP contribution in [0.2, 0.25) is 0 Å². The molecule has 2 heterocycles. The van der Waals surface area contributed by atoms with Gasteiger partial charge in [-0.3, -0.25) is 4.79 Å². The highest BCUT2D eigenvalue weighted by atomic mass is 16.5. The van der Waals surface area contributed by atoms with E-state index in [2.05, 4.69) is 22.1 Å².